The number of hydrogen-bond acceptors (Lipinski definition) is 3. The molecule has 0 amide bonds. The molecule has 0 atom stereocenters. The molecule has 0 spiro atoms. The van der Waals surface area contributed by atoms with Gasteiger partial charge < -0.3 is 11.5 Å². The van der Waals surface area contributed by atoms with E-state index in [1.807, 2.05) is 29.8 Å². The molecule has 0 saturated heterocycles. The predicted molar refractivity (Wildman–Crippen MR) is 71.4 cm³/mol. The molecular formula is C12H14N4S. The summed E-state index contributed by atoms with van der Waals surface area (Å²) in [5.41, 5.74) is 15.6. The van der Waals surface area contributed by atoms with Crippen LogP contribution >= 0.6 is 11.3 Å². The molecule has 0 aliphatic heterocycles. The van der Waals surface area contributed by atoms with Gasteiger partial charge in [-0.15, -0.1) is 11.3 Å². The van der Waals surface area contributed by atoms with E-state index in [0.717, 1.165) is 24.2 Å². The van der Waals surface area contributed by atoms with Crippen molar-refractivity contribution in [2.45, 2.75) is 12.8 Å². The molecule has 17 heavy (non-hydrogen) atoms. The molecule has 1 aromatic carbocycles. The first-order valence-electron chi connectivity index (χ1n) is 5.29. The van der Waals surface area contributed by atoms with Crippen LogP contribution in [0.3, 0.4) is 0 Å². The summed E-state index contributed by atoms with van der Waals surface area (Å²) in [5.74, 6) is 0.0835. The van der Waals surface area contributed by atoms with Gasteiger partial charge in [-0.05, 0) is 30.5 Å². The van der Waals surface area contributed by atoms with Gasteiger partial charge in [0.05, 0.1) is 16.9 Å². The quantitative estimate of drug-likeness (QED) is 0.638. The van der Waals surface area contributed by atoms with Crippen molar-refractivity contribution in [3.8, 4) is 0 Å². The van der Waals surface area contributed by atoms with Gasteiger partial charge in [0.25, 0.3) is 0 Å². The smallest absolute Gasteiger partial charge is 0.191 e. The molecule has 0 aliphatic carbocycles. The first-order valence-corrected chi connectivity index (χ1v) is 6.24. The summed E-state index contributed by atoms with van der Waals surface area (Å²) in [6.45, 7) is 0. The minimum absolute atomic E-state index is 0.0835. The van der Waals surface area contributed by atoms with E-state index in [2.05, 4.69) is 15.4 Å². The van der Waals surface area contributed by atoms with E-state index in [1.54, 1.807) is 11.3 Å². The zero-order valence-electron chi connectivity index (χ0n) is 9.34. The third kappa shape index (κ3) is 3.57. The third-order valence-corrected chi connectivity index (χ3v) is 2.98. The van der Waals surface area contributed by atoms with Gasteiger partial charge in [0.15, 0.2) is 5.96 Å². The maximum absolute atomic E-state index is 5.31. The number of guanidine groups is 1. The van der Waals surface area contributed by atoms with Gasteiger partial charge in [-0.3, -0.25) is 0 Å². The van der Waals surface area contributed by atoms with Crippen molar-refractivity contribution in [2.24, 2.45) is 16.5 Å². The van der Waals surface area contributed by atoms with Crippen LogP contribution < -0.4 is 11.5 Å². The van der Waals surface area contributed by atoms with E-state index in [1.165, 1.54) is 5.56 Å². The molecule has 1 heterocycles. The maximum atomic E-state index is 5.31. The first kappa shape index (κ1) is 11.6. The molecule has 0 unspecified atom stereocenters. The van der Waals surface area contributed by atoms with Crippen molar-refractivity contribution in [1.29, 1.82) is 0 Å². The molecule has 0 fully saturated rings. The Morgan fingerprint density at radius 1 is 1.18 bits per heavy atom. The second-order valence-electron chi connectivity index (χ2n) is 3.68. The minimum atomic E-state index is 0.0835. The minimum Gasteiger partial charge on any atom is -0.370 e. The molecule has 1 aromatic heterocycles. The summed E-state index contributed by atoms with van der Waals surface area (Å²) in [6, 6.07) is 7.90. The molecule has 0 saturated carbocycles. The zero-order valence-corrected chi connectivity index (χ0v) is 10.2. The van der Waals surface area contributed by atoms with Crippen molar-refractivity contribution in [3.63, 3.8) is 0 Å². The van der Waals surface area contributed by atoms with E-state index in [-0.39, 0.29) is 5.96 Å². The number of nitrogens with zero attached hydrogens (tertiary/aromatic N) is 2. The summed E-state index contributed by atoms with van der Waals surface area (Å²) in [6.07, 6.45) is 1.94. The van der Waals surface area contributed by atoms with Crippen molar-refractivity contribution in [2.75, 3.05) is 0 Å². The van der Waals surface area contributed by atoms with Crippen LogP contribution in [0.5, 0.6) is 0 Å². The van der Waals surface area contributed by atoms with Gasteiger partial charge in [-0.25, -0.2) is 9.98 Å². The summed E-state index contributed by atoms with van der Waals surface area (Å²) >= 11 is 1.63. The average Bonchev–Trinajstić information content (AvgIpc) is 2.80. The van der Waals surface area contributed by atoms with Gasteiger partial charge in [-0.2, -0.15) is 0 Å². The van der Waals surface area contributed by atoms with Crippen LogP contribution in [0.15, 0.2) is 40.1 Å². The standard InChI is InChI=1S/C12H14N4S/c13-12(14)16-10-4-1-9(2-5-10)3-6-11-7-17-8-15-11/h1-2,4-5,7-8H,3,6H2,(H4,13,14,16). The topological polar surface area (TPSA) is 77.3 Å². The third-order valence-electron chi connectivity index (χ3n) is 2.35. The number of aromatic nitrogens is 1. The SMILES string of the molecule is NC(N)=Nc1ccc(CCc2cscn2)cc1. The molecule has 0 radical (unpaired) electrons. The zero-order chi connectivity index (χ0) is 12.1. The Morgan fingerprint density at radius 3 is 2.53 bits per heavy atom. The highest BCUT2D eigenvalue weighted by Gasteiger charge is 1.98. The van der Waals surface area contributed by atoms with Crippen LogP contribution in [0.1, 0.15) is 11.3 Å². The molecule has 5 heteroatoms. The molecule has 0 bridgehead atoms. The fourth-order valence-electron chi connectivity index (χ4n) is 1.52. The van der Waals surface area contributed by atoms with Gasteiger partial charge in [0.1, 0.15) is 0 Å². The molecule has 2 rings (SSSR count). The van der Waals surface area contributed by atoms with Crippen LogP contribution in [0.4, 0.5) is 5.69 Å². The van der Waals surface area contributed by atoms with Gasteiger partial charge in [-0.1, -0.05) is 12.1 Å². The molecule has 0 aliphatic rings. The fraction of sp³-hybridized carbons (Fsp3) is 0.167. The molecule has 88 valence electrons. The predicted octanol–water partition coefficient (Wildman–Crippen LogP) is 1.83. The normalized spacial score (nSPS) is 10.1. The van der Waals surface area contributed by atoms with Crippen LogP contribution in [-0.4, -0.2) is 10.9 Å². The Morgan fingerprint density at radius 2 is 1.94 bits per heavy atom. The Hall–Kier alpha value is -1.88. The molecule has 4 N–H and O–H groups in total. The Balaban J connectivity index is 1.96. The highest BCUT2D eigenvalue weighted by molar-refractivity contribution is 7.07. The van der Waals surface area contributed by atoms with Crippen LogP contribution in [0.25, 0.3) is 0 Å². The van der Waals surface area contributed by atoms with Crippen molar-refractivity contribution in [3.05, 3.63) is 46.4 Å². The lowest BCUT2D eigenvalue weighted by Gasteiger charge is -2.00. The Bertz CT molecular complexity index is 484. The second-order valence-corrected chi connectivity index (χ2v) is 4.40. The lowest BCUT2D eigenvalue weighted by molar-refractivity contribution is 0.926. The summed E-state index contributed by atoms with van der Waals surface area (Å²) in [5, 5.41) is 2.08. The van der Waals surface area contributed by atoms with Crippen molar-refractivity contribution in [1.82, 2.24) is 4.98 Å². The van der Waals surface area contributed by atoms with Crippen LogP contribution in [-0.2, 0) is 12.8 Å². The number of rotatable bonds is 4. The number of aryl methyl sites for hydroxylation is 2. The number of thiazole rings is 1. The maximum Gasteiger partial charge on any atom is 0.191 e. The second kappa shape index (κ2) is 5.45. The monoisotopic (exact) mass is 246 g/mol. The highest BCUT2D eigenvalue weighted by Crippen LogP contribution is 2.14. The number of benzene rings is 1. The molecule has 2 aromatic rings. The van der Waals surface area contributed by atoms with Crippen molar-refractivity contribution >= 4 is 23.0 Å². The van der Waals surface area contributed by atoms with Crippen molar-refractivity contribution < 1.29 is 0 Å². The summed E-state index contributed by atoms with van der Waals surface area (Å²) < 4.78 is 0. The highest BCUT2D eigenvalue weighted by atomic mass is 32.1. The van der Waals surface area contributed by atoms with Gasteiger partial charge in [0.2, 0.25) is 0 Å². The first-order chi connectivity index (χ1) is 8.24. The number of nitrogens with two attached hydrogens (primary N) is 2. The fourth-order valence-corrected chi connectivity index (χ4v) is 2.11. The Kier molecular flexibility index (Phi) is 3.72. The Labute approximate surface area is 104 Å². The average molecular weight is 246 g/mol. The van der Waals surface area contributed by atoms with Gasteiger partial charge in [0, 0.05) is 5.38 Å². The lowest BCUT2D eigenvalue weighted by atomic mass is 10.1. The van der Waals surface area contributed by atoms with E-state index in [0.29, 0.717) is 0 Å². The largest absolute Gasteiger partial charge is 0.370 e. The molecular weight excluding hydrogens is 232 g/mol. The molecule has 4 nitrogen and oxygen atoms in total. The van der Waals surface area contributed by atoms with E-state index < -0.39 is 0 Å². The number of hydrogen-bond donors (Lipinski definition) is 2. The number of aliphatic imine (C=N–C) groups is 1. The van der Waals surface area contributed by atoms with E-state index in [9.17, 15) is 0 Å². The van der Waals surface area contributed by atoms with E-state index in [4.69, 9.17) is 11.5 Å². The summed E-state index contributed by atoms with van der Waals surface area (Å²) in [4.78, 5) is 8.22. The lowest BCUT2D eigenvalue weighted by Crippen LogP contribution is -2.21. The van der Waals surface area contributed by atoms with Crippen LogP contribution in [0, 0.1) is 0 Å². The van der Waals surface area contributed by atoms with Gasteiger partial charge >= 0.3 is 0 Å². The summed E-state index contributed by atoms with van der Waals surface area (Å²) in [7, 11) is 0. The van der Waals surface area contributed by atoms with Crippen LogP contribution in [0.2, 0.25) is 0 Å². The van der Waals surface area contributed by atoms with E-state index >= 15 is 0 Å².